The van der Waals surface area contributed by atoms with Gasteiger partial charge in [0.25, 0.3) is 5.91 Å². The van der Waals surface area contributed by atoms with Crippen LogP contribution in [0.15, 0.2) is 67.0 Å². The zero-order chi connectivity index (χ0) is 34.7. The second kappa shape index (κ2) is 14.5. The Hall–Kier alpha value is -5.20. The van der Waals surface area contributed by atoms with Gasteiger partial charge in [0, 0.05) is 46.1 Å². The van der Waals surface area contributed by atoms with Crippen molar-refractivity contribution in [1.29, 1.82) is 0 Å². The van der Waals surface area contributed by atoms with Crippen LogP contribution in [0, 0.1) is 25.6 Å². The molecule has 1 saturated heterocycles. The van der Waals surface area contributed by atoms with Crippen molar-refractivity contribution in [2.45, 2.75) is 33.6 Å². The highest BCUT2D eigenvalue weighted by molar-refractivity contribution is 7.23. The number of ether oxygens (including phenoxy) is 1. The second-order valence-electron chi connectivity index (χ2n) is 12.3. The number of nitrogens with two attached hydrogens (primary N) is 1. The average Bonchev–Trinajstić information content (AvgIpc) is 3.47. The third-order valence-electron chi connectivity index (χ3n) is 8.63. The summed E-state index contributed by atoms with van der Waals surface area (Å²) in [5.74, 6) is -0.502. The van der Waals surface area contributed by atoms with Crippen LogP contribution in [0.4, 0.5) is 15.9 Å². The van der Waals surface area contributed by atoms with Crippen LogP contribution < -0.4 is 21.1 Å². The summed E-state index contributed by atoms with van der Waals surface area (Å²) in [7, 11) is 2.11. The van der Waals surface area contributed by atoms with Crippen molar-refractivity contribution in [3.63, 3.8) is 0 Å². The van der Waals surface area contributed by atoms with Gasteiger partial charge in [-0.2, -0.15) is 0 Å². The van der Waals surface area contributed by atoms with Gasteiger partial charge >= 0.3 is 6.01 Å². The zero-order valence-corrected chi connectivity index (χ0v) is 28.7. The largest absolute Gasteiger partial charge is 0.421 e. The van der Waals surface area contributed by atoms with Gasteiger partial charge in [0.1, 0.15) is 5.82 Å². The topological polar surface area (TPSA) is 135 Å². The molecule has 0 bridgehead atoms. The molecule has 0 atom stereocenters. The monoisotopic (exact) mass is 679 g/mol. The Balaban J connectivity index is 1.44. The Morgan fingerprint density at radius 1 is 1.12 bits per heavy atom. The number of carbonyl (C=O) groups excluding carboxylic acids is 2. The molecule has 0 unspecified atom stereocenters. The number of nitrogens with one attached hydrogen (secondary N) is 2. The van der Waals surface area contributed by atoms with E-state index in [1.54, 1.807) is 38.3 Å². The molecule has 0 spiro atoms. The molecule has 252 valence electrons. The number of anilines is 2. The molecule has 4 heterocycles. The number of halogens is 1. The van der Waals surface area contributed by atoms with E-state index in [0.29, 0.717) is 50.6 Å². The van der Waals surface area contributed by atoms with Crippen LogP contribution in [0.5, 0.6) is 11.8 Å². The van der Waals surface area contributed by atoms with Crippen LogP contribution in [0.1, 0.15) is 41.4 Å². The number of aromatic nitrogens is 3. The molecule has 1 fully saturated rings. The Morgan fingerprint density at radius 2 is 1.92 bits per heavy atom. The van der Waals surface area contributed by atoms with Crippen LogP contribution >= 0.6 is 11.3 Å². The van der Waals surface area contributed by atoms with E-state index in [1.165, 1.54) is 35.7 Å². The van der Waals surface area contributed by atoms with Crippen molar-refractivity contribution in [3.8, 4) is 33.3 Å². The Morgan fingerprint density at radius 3 is 2.63 bits per heavy atom. The summed E-state index contributed by atoms with van der Waals surface area (Å²) < 4.78 is 22.1. The fourth-order valence-electron chi connectivity index (χ4n) is 5.99. The van der Waals surface area contributed by atoms with Gasteiger partial charge in [-0.15, -0.1) is 11.3 Å². The third kappa shape index (κ3) is 7.45. The van der Waals surface area contributed by atoms with Crippen molar-refractivity contribution < 1.29 is 18.7 Å². The standard InChI is InChI=1S/C37H38FN7O3S/c1-5-6-30(46)44-25-8-9-26(21(2)17-25)33-31(24-7-10-29(28(38)18-24)48-37-40-14-11-22(3)43-37)32-34(49-33)27(20-41-35(32)39)36(47)42-19-23-12-15-45(4)16-13-23/h5-11,14,17-18,20,23H,12-13,15-16,19H2,1-4H3,(H2,39,41)(H,42,47)(H,44,46). The molecule has 1 aliphatic rings. The smallest absolute Gasteiger partial charge is 0.322 e. The molecule has 12 heteroatoms. The maximum atomic E-state index is 15.8. The van der Waals surface area contributed by atoms with Gasteiger partial charge < -0.3 is 26.0 Å². The summed E-state index contributed by atoms with van der Waals surface area (Å²) >= 11 is 1.40. The van der Waals surface area contributed by atoms with Crippen LogP contribution in [0.3, 0.4) is 0 Å². The Labute approximate surface area is 288 Å². The molecule has 2 aromatic carbocycles. The van der Waals surface area contributed by atoms with Gasteiger partial charge in [0.2, 0.25) is 5.91 Å². The number of amides is 2. The first-order valence-corrected chi connectivity index (χ1v) is 16.9. The number of piperidine rings is 1. The number of nitrogens with zero attached hydrogens (tertiary/aromatic N) is 4. The molecule has 1 aliphatic heterocycles. The van der Waals surface area contributed by atoms with E-state index in [1.807, 2.05) is 25.1 Å². The molecule has 10 nitrogen and oxygen atoms in total. The van der Waals surface area contributed by atoms with Crippen molar-refractivity contribution in [3.05, 3.63) is 89.6 Å². The highest BCUT2D eigenvalue weighted by Crippen LogP contribution is 2.49. The van der Waals surface area contributed by atoms with Gasteiger partial charge in [0.15, 0.2) is 11.6 Å². The van der Waals surface area contributed by atoms with Gasteiger partial charge in [-0.3, -0.25) is 9.59 Å². The maximum absolute atomic E-state index is 15.8. The fraction of sp³-hybridized carbons (Fsp3) is 0.270. The summed E-state index contributed by atoms with van der Waals surface area (Å²) in [6, 6.07) is 12.0. The van der Waals surface area contributed by atoms with E-state index >= 15 is 4.39 Å². The summed E-state index contributed by atoms with van der Waals surface area (Å²) in [6.07, 6.45) is 8.22. The first-order valence-electron chi connectivity index (χ1n) is 16.1. The SMILES string of the molecule is CC=CC(=O)Nc1ccc(-c2sc3c(C(=O)NCC4CCN(C)CC4)cnc(N)c3c2-c2ccc(Oc3nccc(C)n3)c(F)c2)c(C)c1. The highest BCUT2D eigenvalue weighted by Gasteiger charge is 2.26. The molecule has 0 aliphatic carbocycles. The lowest BCUT2D eigenvalue weighted by Gasteiger charge is -2.28. The number of hydrogen-bond acceptors (Lipinski definition) is 9. The number of nitrogen functional groups attached to an aromatic ring is 1. The lowest BCUT2D eigenvalue weighted by molar-refractivity contribution is -0.111. The molecule has 5 aromatic rings. The number of carbonyl (C=O) groups is 2. The Kier molecular flexibility index (Phi) is 9.97. The molecule has 4 N–H and O–H groups in total. The number of rotatable bonds is 9. The van der Waals surface area contributed by atoms with Gasteiger partial charge in [0.05, 0.1) is 10.3 Å². The molecule has 49 heavy (non-hydrogen) atoms. The normalized spacial score (nSPS) is 14.0. The lowest BCUT2D eigenvalue weighted by Crippen LogP contribution is -2.36. The number of fused-ring (bicyclic) bond motifs is 1. The highest BCUT2D eigenvalue weighted by atomic mass is 32.1. The molecule has 0 saturated carbocycles. The molecule has 0 radical (unpaired) electrons. The second-order valence-corrected chi connectivity index (χ2v) is 13.3. The summed E-state index contributed by atoms with van der Waals surface area (Å²) in [6.45, 7) is 8.08. The number of aryl methyl sites for hydroxylation is 2. The predicted octanol–water partition coefficient (Wildman–Crippen LogP) is 7.14. The Bertz CT molecular complexity index is 2070. The molecular weight excluding hydrogens is 642 g/mol. The van der Waals surface area contributed by atoms with Crippen molar-refractivity contribution in [2.75, 3.05) is 37.7 Å². The van der Waals surface area contributed by atoms with Crippen LogP contribution in [0.25, 0.3) is 31.7 Å². The molecular formula is C37H38FN7O3S. The minimum absolute atomic E-state index is 0.0343. The summed E-state index contributed by atoms with van der Waals surface area (Å²) in [5, 5.41) is 6.56. The minimum atomic E-state index is -0.620. The van der Waals surface area contributed by atoms with E-state index in [0.717, 1.165) is 41.9 Å². The van der Waals surface area contributed by atoms with Crippen LogP contribution in [-0.2, 0) is 4.79 Å². The van der Waals surface area contributed by atoms with Crippen molar-refractivity contribution in [2.24, 2.45) is 5.92 Å². The summed E-state index contributed by atoms with van der Waals surface area (Å²) in [4.78, 5) is 41.7. The lowest BCUT2D eigenvalue weighted by atomic mass is 9.95. The number of allylic oxidation sites excluding steroid dienone is 1. The first kappa shape index (κ1) is 33.7. The minimum Gasteiger partial charge on any atom is -0.421 e. The fourth-order valence-corrected chi connectivity index (χ4v) is 7.42. The van der Waals surface area contributed by atoms with Crippen LogP contribution in [-0.4, -0.2) is 58.3 Å². The molecule has 3 aromatic heterocycles. The third-order valence-corrected chi connectivity index (χ3v) is 9.88. The van der Waals surface area contributed by atoms with Crippen molar-refractivity contribution >= 4 is 44.7 Å². The van der Waals surface area contributed by atoms with Gasteiger partial charge in [-0.05, 0) is 113 Å². The number of benzene rings is 2. The van der Waals surface area contributed by atoms with Gasteiger partial charge in [-0.25, -0.2) is 19.3 Å². The van der Waals surface area contributed by atoms with E-state index in [4.69, 9.17) is 10.5 Å². The van der Waals surface area contributed by atoms with E-state index in [-0.39, 0.29) is 29.4 Å². The maximum Gasteiger partial charge on any atom is 0.322 e. The van der Waals surface area contributed by atoms with Gasteiger partial charge in [-0.1, -0.05) is 18.2 Å². The molecule has 6 rings (SSSR count). The number of thiophene rings is 1. The molecule has 2 amide bonds. The van der Waals surface area contributed by atoms with Crippen molar-refractivity contribution in [1.82, 2.24) is 25.2 Å². The zero-order valence-electron chi connectivity index (χ0n) is 27.8. The van der Waals surface area contributed by atoms with Crippen LogP contribution in [0.2, 0.25) is 0 Å². The number of likely N-dealkylation sites (tertiary alicyclic amines) is 1. The number of pyridine rings is 1. The average molecular weight is 680 g/mol. The predicted molar refractivity (Wildman–Crippen MR) is 192 cm³/mol. The van der Waals surface area contributed by atoms with E-state index < -0.39 is 5.82 Å². The number of hydrogen-bond donors (Lipinski definition) is 3. The first-order chi connectivity index (χ1) is 23.6. The summed E-state index contributed by atoms with van der Waals surface area (Å²) in [5.41, 5.74) is 11.2. The van der Waals surface area contributed by atoms with E-state index in [2.05, 4.69) is 37.5 Å². The van der Waals surface area contributed by atoms with E-state index in [9.17, 15) is 9.59 Å². The quantitative estimate of drug-likeness (QED) is 0.140.